The van der Waals surface area contributed by atoms with Gasteiger partial charge in [0.05, 0.1) is 12.0 Å². The molecule has 162 valence electrons. The maximum absolute atomic E-state index is 11.9. The summed E-state index contributed by atoms with van der Waals surface area (Å²) in [6.45, 7) is 3.31. The zero-order valence-corrected chi connectivity index (χ0v) is 17.9. The van der Waals surface area contributed by atoms with Crippen molar-refractivity contribution in [2.24, 2.45) is 5.92 Å². The number of sulfonamides is 1. The molecule has 0 fully saturated rings. The molecule has 1 rings (SSSR count). The summed E-state index contributed by atoms with van der Waals surface area (Å²) in [5.74, 6) is -1.56. The number of carbonyl (C=O) groups is 3. The third-order valence-corrected chi connectivity index (χ3v) is 5.44. The normalized spacial score (nSPS) is 12.3. The number of nitrogens with one attached hydrogen (secondary N) is 2. The number of methoxy groups -OCH3 is 1. The largest absolute Gasteiger partial charge is 0.467 e. The van der Waals surface area contributed by atoms with E-state index in [9.17, 15) is 22.8 Å². The van der Waals surface area contributed by atoms with Crippen molar-refractivity contribution in [3.05, 3.63) is 29.8 Å². The van der Waals surface area contributed by atoms with Crippen molar-refractivity contribution in [1.29, 1.82) is 0 Å². The molecule has 1 atom stereocenters. The van der Waals surface area contributed by atoms with Crippen molar-refractivity contribution >= 4 is 27.9 Å². The van der Waals surface area contributed by atoms with Gasteiger partial charge in [-0.3, -0.25) is 9.59 Å². The molecule has 1 amide bonds. The van der Waals surface area contributed by atoms with E-state index in [1.54, 1.807) is 12.1 Å². The molecule has 0 saturated carbocycles. The molecule has 0 radical (unpaired) electrons. The molecular weight excluding hydrogens is 400 g/mol. The van der Waals surface area contributed by atoms with Gasteiger partial charge in [0.1, 0.15) is 6.04 Å². The molecule has 1 unspecified atom stereocenters. The molecule has 0 saturated heterocycles. The van der Waals surface area contributed by atoms with Crippen LogP contribution in [0.3, 0.4) is 0 Å². The van der Waals surface area contributed by atoms with Gasteiger partial charge >= 0.3 is 11.9 Å². The standard InChI is InChI=1S/C19H28N2O7S/c1-13(2)11-16(19(24)27-4)21-17(22)12-28-18(23)10-7-14-5-8-15(9-6-14)29(25,26)20-3/h5-6,8-9,13,16,20H,7,10-12H2,1-4H3,(H,21,22). The first-order chi connectivity index (χ1) is 13.6. The van der Waals surface area contributed by atoms with Gasteiger partial charge in [-0.05, 0) is 43.5 Å². The summed E-state index contributed by atoms with van der Waals surface area (Å²) in [5, 5.41) is 2.50. The summed E-state index contributed by atoms with van der Waals surface area (Å²) in [4.78, 5) is 35.6. The SMILES string of the molecule is CNS(=O)(=O)c1ccc(CCC(=O)OCC(=O)NC(CC(C)C)C(=O)OC)cc1. The van der Waals surface area contributed by atoms with Gasteiger partial charge in [0.2, 0.25) is 10.0 Å². The summed E-state index contributed by atoms with van der Waals surface area (Å²) in [6.07, 6.45) is 0.766. The topological polar surface area (TPSA) is 128 Å². The van der Waals surface area contributed by atoms with Crippen molar-refractivity contribution < 1.29 is 32.3 Å². The molecule has 0 aliphatic heterocycles. The average Bonchev–Trinajstić information content (AvgIpc) is 2.69. The minimum absolute atomic E-state index is 0.0256. The fraction of sp³-hybridized carbons (Fsp3) is 0.526. The Morgan fingerprint density at radius 1 is 1.10 bits per heavy atom. The second-order valence-electron chi connectivity index (χ2n) is 6.79. The molecule has 0 aliphatic carbocycles. The monoisotopic (exact) mass is 428 g/mol. The minimum Gasteiger partial charge on any atom is -0.467 e. The van der Waals surface area contributed by atoms with Crippen LogP contribution < -0.4 is 10.0 Å². The van der Waals surface area contributed by atoms with Gasteiger partial charge in [-0.15, -0.1) is 0 Å². The van der Waals surface area contributed by atoms with E-state index in [1.165, 1.54) is 26.3 Å². The Hall–Kier alpha value is -2.46. The maximum atomic E-state index is 11.9. The third kappa shape index (κ3) is 8.61. The highest BCUT2D eigenvalue weighted by Crippen LogP contribution is 2.12. The van der Waals surface area contributed by atoms with Gasteiger partial charge in [-0.25, -0.2) is 17.9 Å². The zero-order valence-electron chi connectivity index (χ0n) is 17.1. The van der Waals surface area contributed by atoms with Crippen molar-refractivity contribution in [1.82, 2.24) is 10.0 Å². The number of aryl methyl sites for hydroxylation is 1. The van der Waals surface area contributed by atoms with Crippen molar-refractivity contribution in [2.75, 3.05) is 20.8 Å². The first-order valence-electron chi connectivity index (χ1n) is 9.14. The summed E-state index contributed by atoms with van der Waals surface area (Å²) < 4.78 is 35.2. The third-order valence-electron chi connectivity index (χ3n) is 4.01. The number of rotatable bonds is 11. The Bertz CT molecular complexity index is 804. The fourth-order valence-corrected chi connectivity index (χ4v) is 3.21. The lowest BCUT2D eigenvalue weighted by Gasteiger charge is -2.18. The fourth-order valence-electron chi connectivity index (χ4n) is 2.48. The van der Waals surface area contributed by atoms with Crippen LogP contribution >= 0.6 is 0 Å². The van der Waals surface area contributed by atoms with E-state index in [2.05, 4.69) is 14.8 Å². The highest BCUT2D eigenvalue weighted by molar-refractivity contribution is 7.89. The van der Waals surface area contributed by atoms with E-state index in [0.29, 0.717) is 12.8 Å². The maximum Gasteiger partial charge on any atom is 0.328 e. The van der Waals surface area contributed by atoms with Crippen molar-refractivity contribution in [2.45, 2.75) is 44.0 Å². The number of hydrogen-bond donors (Lipinski definition) is 2. The lowest BCUT2D eigenvalue weighted by molar-refractivity contribution is -0.150. The molecule has 1 aromatic carbocycles. The van der Waals surface area contributed by atoms with Crippen molar-refractivity contribution in [3.63, 3.8) is 0 Å². The van der Waals surface area contributed by atoms with E-state index < -0.39 is 40.5 Å². The molecule has 9 nitrogen and oxygen atoms in total. The minimum atomic E-state index is -3.51. The van der Waals surface area contributed by atoms with E-state index >= 15 is 0 Å². The Labute approximate surface area is 171 Å². The Morgan fingerprint density at radius 2 is 1.72 bits per heavy atom. The van der Waals surface area contributed by atoms with Gasteiger partial charge in [0.15, 0.2) is 6.61 Å². The second-order valence-corrected chi connectivity index (χ2v) is 8.67. The molecule has 0 aromatic heterocycles. The number of ether oxygens (including phenoxy) is 2. The van der Waals surface area contributed by atoms with E-state index in [1.807, 2.05) is 13.8 Å². The predicted octanol–water partition coefficient (Wildman–Crippen LogP) is 0.774. The summed E-state index contributed by atoms with van der Waals surface area (Å²) in [7, 11) is -0.946. The average molecular weight is 429 g/mol. The molecule has 0 bridgehead atoms. The predicted molar refractivity (Wildman–Crippen MR) is 105 cm³/mol. The van der Waals surface area contributed by atoms with Crippen LogP contribution in [0.1, 0.15) is 32.3 Å². The van der Waals surface area contributed by atoms with Crippen LogP contribution in [-0.4, -0.2) is 53.1 Å². The van der Waals surface area contributed by atoms with E-state index in [0.717, 1.165) is 5.56 Å². The van der Waals surface area contributed by atoms with Crippen molar-refractivity contribution in [3.8, 4) is 0 Å². The van der Waals surface area contributed by atoms with Crippen LogP contribution in [0.15, 0.2) is 29.2 Å². The smallest absolute Gasteiger partial charge is 0.328 e. The second kappa shape index (κ2) is 11.5. The summed E-state index contributed by atoms with van der Waals surface area (Å²) >= 11 is 0. The number of amides is 1. The molecule has 0 spiro atoms. The molecular formula is C19H28N2O7S. The Kier molecular flexibility index (Phi) is 9.76. The number of carbonyl (C=O) groups excluding carboxylic acids is 3. The number of hydrogen-bond acceptors (Lipinski definition) is 7. The van der Waals surface area contributed by atoms with Gasteiger partial charge in [-0.2, -0.15) is 0 Å². The Morgan fingerprint density at radius 3 is 2.24 bits per heavy atom. The van der Waals surface area contributed by atoms with Crippen LogP contribution in [-0.2, 0) is 40.3 Å². The van der Waals surface area contributed by atoms with Gasteiger partial charge in [0.25, 0.3) is 5.91 Å². The molecule has 0 heterocycles. The van der Waals surface area contributed by atoms with Gasteiger partial charge in [-0.1, -0.05) is 26.0 Å². The van der Waals surface area contributed by atoms with Crippen LogP contribution in [0, 0.1) is 5.92 Å². The van der Waals surface area contributed by atoms with Gasteiger partial charge < -0.3 is 14.8 Å². The Balaban J connectivity index is 2.46. The molecule has 29 heavy (non-hydrogen) atoms. The quantitative estimate of drug-likeness (QED) is 0.498. The van der Waals surface area contributed by atoms with E-state index in [-0.39, 0.29) is 17.2 Å². The molecule has 1 aromatic rings. The molecule has 2 N–H and O–H groups in total. The van der Waals surface area contributed by atoms with Crippen LogP contribution in [0.5, 0.6) is 0 Å². The van der Waals surface area contributed by atoms with Crippen LogP contribution in [0.25, 0.3) is 0 Å². The number of benzene rings is 1. The molecule has 0 aliphatic rings. The van der Waals surface area contributed by atoms with Crippen LogP contribution in [0.4, 0.5) is 0 Å². The lowest BCUT2D eigenvalue weighted by atomic mass is 10.0. The van der Waals surface area contributed by atoms with Crippen LogP contribution in [0.2, 0.25) is 0 Å². The first kappa shape index (κ1) is 24.6. The van der Waals surface area contributed by atoms with Gasteiger partial charge in [0, 0.05) is 6.42 Å². The summed E-state index contributed by atoms with van der Waals surface area (Å²) in [6, 6.07) is 5.32. The highest BCUT2D eigenvalue weighted by atomic mass is 32.2. The molecule has 10 heteroatoms. The zero-order chi connectivity index (χ0) is 22.0. The lowest BCUT2D eigenvalue weighted by Crippen LogP contribution is -2.44. The van der Waals surface area contributed by atoms with E-state index in [4.69, 9.17) is 4.74 Å². The highest BCUT2D eigenvalue weighted by Gasteiger charge is 2.23. The number of esters is 2. The summed E-state index contributed by atoms with van der Waals surface area (Å²) in [5.41, 5.74) is 0.754. The first-order valence-corrected chi connectivity index (χ1v) is 10.6.